The van der Waals surface area contributed by atoms with Crippen LogP contribution in [0.5, 0.6) is 0 Å². The summed E-state index contributed by atoms with van der Waals surface area (Å²) in [7, 11) is 0. The Morgan fingerprint density at radius 1 is 1.69 bits per heavy atom. The minimum atomic E-state index is -0.945. The van der Waals surface area contributed by atoms with Crippen molar-refractivity contribution in [3.05, 3.63) is 30.0 Å². The maximum Gasteiger partial charge on any atom is 0.305 e. The fraction of sp³-hybridized carbons (Fsp3) is 0.300. The highest BCUT2D eigenvalue weighted by atomic mass is 16.4. The van der Waals surface area contributed by atoms with Gasteiger partial charge in [-0.05, 0) is 6.92 Å². The van der Waals surface area contributed by atoms with Crippen LogP contribution in [-0.2, 0) is 4.79 Å². The second-order valence-corrected chi connectivity index (χ2v) is 3.63. The van der Waals surface area contributed by atoms with E-state index in [-0.39, 0.29) is 6.42 Å². The Hall–Kier alpha value is -1.95. The van der Waals surface area contributed by atoms with Crippen molar-refractivity contribution >= 4 is 11.6 Å². The number of nitrogens with two attached hydrogens (primary N) is 1. The van der Waals surface area contributed by atoms with E-state index in [0.717, 1.165) is 5.69 Å². The first-order chi connectivity index (χ1) is 7.58. The number of nitrogens with zero attached hydrogens (tertiary/aromatic N) is 3. The summed E-state index contributed by atoms with van der Waals surface area (Å²) in [5, 5.41) is 8.69. The number of carbonyl (C=O) groups is 1. The number of carboxylic acid groups (broad SMARTS) is 1. The summed E-state index contributed by atoms with van der Waals surface area (Å²) < 4.78 is 1.79. The highest BCUT2D eigenvalue weighted by Crippen LogP contribution is 2.16. The molecule has 16 heavy (non-hydrogen) atoms. The van der Waals surface area contributed by atoms with Crippen LogP contribution in [0.3, 0.4) is 0 Å². The molecule has 0 fully saturated rings. The van der Waals surface area contributed by atoms with E-state index in [4.69, 9.17) is 10.8 Å². The van der Waals surface area contributed by atoms with E-state index < -0.39 is 12.0 Å². The van der Waals surface area contributed by atoms with Crippen molar-refractivity contribution in [3.63, 3.8) is 0 Å². The minimum absolute atomic E-state index is 0.154. The van der Waals surface area contributed by atoms with Crippen molar-refractivity contribution in [1.29, 1.82) is 0 Å². The number of aliphatic carboxylic acids is 1. The summed E-state index contributed by atoms with van der Waals surface area (Å²) in [6, 6.07) is -0.636. The van der Waals surface area contributed by atoms with Gasteiger partial charge in [0.15, 0.2) is 5.65 Å². The Morgan fingerprint density at radius 3 is 3.12 bits per heavy atom. The number of rotatable bonds is 3. The second kappa shape index (κ2) is 3.90. The van der Waals surface area contributed by atoms with E-state index in [9.17, 15) is 4.79 Å². The smallest absolute Gasteiger partial charge is 0.305 e. The Balaban J connectivity index is 2.47. The van der Waals surface area contributed by atoms with Crippen LogP contribution in [-0.4, -0.2) is 25.4 Å². The largest absolute Gasteiger partial charge is 0.481 e. The van der Waals surface area contributed by atoms with Gasteiger partial charge < -0.3 is 15.2 Å². The molecule has 3 N–H and O–H groups in total. The van der Waals surface area contributed by atoms with Crippen LogP contribution in [0.25, 0.3) is 5.65 Å². The quantitative estimate of drug-likeness (QED) is 0.786. The first-order valence-electron chi connectivity index (χ1n) is 4.85. The predicted molar refractivity (Wildman–Crippen MR) is 56.9 cm³/mol. The van der Waals surface area contributed by atoms with Gasteiger partial charge >= 0.3 is 5.97 Å². The topological polar surface area (TPSA) is 93.5 Å². The second-order valence-electron chi connectivity index (χ2n) is 3.63. The van der Waals surface area contributed by atoms with Crippen molar-refractivity contribution in [2.45, 2.75) is 19.4 Å². The Bertz CT molecular complexity index is 535. The average molecular weight is 220 g/mol. The molecule has 84 valence electrons. The van der Waals surface area contributed by atoms with Gasteiger partial charge in [-0.1, -0.05) is 0 Å². The SMILES string of the molecule is Cc1cn2ccnc(C(N)CC(=O)O)c2n1. The molecule has 0 amide bonds. The molecular weight excluding hydrogens is 208 g/mol. The van der Waals surface area contributed by atoms with Crippen molar-refractivity contribution in [1.82, 2.24) is 14.4 Å². The van der Waals surface area contributed by atoms with Crippen molar-refractivity contribution < 1.29 is 9.90 Å². The van der Waals surface area contributed by atoms with Crippen LogP contribution in [0, 0.1) is 6.92 Å². The summed E-state index contributed by atoms with van der Waals surface area (Å²) >= 11 is 0. The molecule has 1 atom stereocenters. The van der Waals surface area contributed by atoms with Gasteiger partial charge in [0.25, 0.3) is 0 Å². The van der Waals surface area contributed by atoms with Crippen LogP contribution in [0.1, 0.15) is 23.9 Å². The van der Waals surface area contributed by atoms with E-state index in [1.807, 2.05) is 13.1 Å². The fourth-order valence-electron chi connectivity index (χ4n) is 1.61. The molecule has 0 aromatic carbocycles. The lowest BCUT2D eigenvalue weighted by Gasteiger charge is -2.08. The van der Waals surface area contributed by atoms with Gasteiger partial charge in [-0.2, -0.15) is 0 Å². The Labute approximate surface area is 91.7 Å². The maximum atomic E-state index is 10.6. The predicted octanol–water partition coefficient (Wildman–Crippen LogP) is 0.512. The molecule has 0 bridgehead atoms. The zero-order valence-corrected chi connectivity index (χ0v) is 8.79. The van der Waals surface area contributed by atoms with E-state index >= 15 is 0 Å². The Kier molecular flexibility index (Phi) is 2.57. The number of aryl methyl sites for hydroxylation is 1. The summed E-state index contributed by atoms with van der Waals surface area (Å²) in [5.74, 6) is -0.945. The zero-order chi connectivity index (χ0) is 11.7. The van der Waals surface area contributed by atoms with Crippen LogP contribution in [0.15, 0.2) is 18.6 Å². The molecule has 2 heterocycles. The normalized spacial score (nSPS) is 12.9. The van der Waals surface area contributed by atoms with Gasteiger partial charge in [0, 0.05) is 18.6 Å². The molecule has 2 aromatic heterocycles. The van der Waals surface area contributed by atoms with Crippen LogP contribution in [0.2, 0.25) is 0 Å². The standard InChI is InChI=1S/C10H12N4O2/c1-6-5-14-3-2-12-9(10(14)13-6)7(11)4-8(15)16/h2-3,5,7H,4,11H2,1H3,(H,15,16). The lowest BCUT2D eigenvalue weighted by atomic mass is 10.1. The average Bonchev–Trinajstić information content (AvgIpc) is 2.55. The van der Waals surface area contributed by atoms with Gasteiger partial charge in [-0.15, -0.1) is 0 Å². The number of hydrogen-bond acceptors (Lipinski definition) is 4. The third-order valence-corrected chi connectivity index (χ3v) is 2.27. The van der Waals surface area contributed by atoms with Gasteiger partial charge in [0.05, 0.1) is 18.2 Å². The zero-order valence-electron chi connectivity index (χ0n) is 8.79. The van der Waals surface area contributed by atoms with Crippen molar-refractivity contribution in [2.24, 2.45) is 5.73 Å². The van der Waals surface area contributed by atoms with Crippen LogP contribution >= 0.6 is 0 Å². The molecule has 1 unspecified atom stereocenters. The lowest BCUT2D eigenvalue weighted by molar-refractivity contribution is -0.137. The van der Waals surface area contributed by atoms with E-state index in [1.165, 1.54) is 0 Å². The number of hydrogen-bond donors (Lipinski definition) is 2. The third kappa shape index (κ3) is 1.87. The number of fused-ring (bicyclic) bond motifs is 1. The molecule has 0 radical (unpaired) electrons. The molecule has 6 nitrogen and oxygen atoms in total. The van der Waals surface area contributed by atoms with E-state index in [1.54, 1.807) is 16.8 Å². The highest BCUT2D eigenvalue weighted by molar-refractivity contribution is 5.68. The van der Waals surface area contributed by atoms with Gasteiger partial charge in [0.1, 0.15) is 5.69 Å². The molecule has 0 saturated carbocycles. The lowest BCUT2D eigenvalue weighted by Crippen LogP contribution is -2.17. The van der Waals surface area contributed by atoms with Crippen molar-refractivity contribution in [3.8, 4) is 0 Å². The van der Waals surface area contributed by atoms with Crippen LogP contribution in [0.4, 0.5) is 0 Å². The molecule has 0 spiro atoms. The number of aromatic nitrogens is 3. The molecule has 0 aliphatic heterocycles. The van der Waals surface area contributed by atoms with Crippen molar-refractivity contribution in [2.75, 3.05) is 0 Å². The Morgan fingerprint density at radius 2 is 2.44 bits per heavy atom. The third-order valence-electron chi connectivity index (χ3n) is 2.27. The van der Waals surface area contributed by atoms with E-state index in [0.29, 0.717) is 11.3 Å². The minimum Gasteiger partial charge on any atom is -0.481 e. The van der Waals surface area contributed by atoms with Gasteiger partial charge in [-0.3, -0.25) is 9.78 Å². The van der Waals surface area contributed by atoms with Gasteiger partial charge in [0.2, 0.25) is 0 Å². The first-order valence-corrected chi connectivity index (χ1v) is 4.85. The molecule has 2 aromatic rings. The summed E-state index contributed by atoms with van der Waals surface area (Å²) in [6.45, 7) is 1.86. The van der Waals surface area contributed by atoms with Gasteiger partial charge in [-0.25, -0.2) is 4.98 Å². The van der Waals surface area contributed by atoms with E-state index in [2.05, 4.69) is 9.97 Å². The summed E-state index contributed by atoms with van der Waals surface area (Å²) in [4.78, 5) is 19.0. The molecule has 2 rings (SSSR count). The monoisotopic (exact) mass is 220 g/mol. The molecule has 0 saturated heterocycles. The highest BCUT2D eigenvalue weighted by Gasteiger charge is 2.16. The molecule has 0 aliphatic rings. The number of carboxylic acids is 1. The molecule has 0 aliphatic carbocycles. The maximum absolute atomic E-state index is 10.6. The molecular formula is C10H12N4O2. The first kappa shape index (κ1) is 10.6. The summed E-state index contributed by atoms with van der Waals surface area (Å²) in [6.07, 6.45) is 5.03. The summed E-state index contributed by atoms with van der Waals surface area (Å²) in [5.41, 5.74) is 7.75. The fourth-order valence-corrected chi connectivity index (χ4v) is 1.61. The number of imidazole rings is 1. The molecule has 6 heteroatoms. The van der Waals surface area contributed by atoms with Crippen LogP contribution < -0.4 is 5.73 Å².